The number of nitrogen functional groups attached to an aromatic ring is 1. The highest BCUT2D eigenvalue weighted by atomic mass is 32.2. The smallest absolute Gasteiger partial charge is 0.340 e. The number of carbonyl (C=O) groups is 1. The molecule has 0 aliphatic rings. The number of thiophene rings is 1. The molecular weight excluding hydrogens is 278 g/mol. The van der Waals surface area contributed by atoms with Gasteiger partial charge in [-0.25, -0.2) is 4.79 Å². The van der Waals surface area contributed by atoms with E-state index in [1.165, 1.54) is 28.9 Å². The Morgan fingerprint density at radius 1 is 1.42 bits per heavy atom. The van der Waals surface area contributed by atoms with Crippen LogP contribution < -0.4 is 5.73 Å². The van der Waals surface area contributed by atoms with Crippen molar-refractivity contribution in [3.8, 4) is 0 Å². The molecule has 0 aliphatic heterocycles. The van der Waals surface area contributed by atoms with Crippen LogP contribution in [-0.2, 0) is 10.5 Å². The van der Waals surface area contributed by atoms with Crippen LogP contribution in [0.5, 0.6) is 0 Å². The zero-order valence-electron chi connectivity index (χ0n) is 10.8. The highest BCUT2D eigenvalue weighted by Gasteiger charge is 2.14. The molecule has 0 aliphatic carbocycles. The standard InChI is InChI=1S/C14H15NO2S2/c1-9-4-3-5-10(6-9)18-8-11-7-12(13(15)19-11)14(16)17-2/h3-7H,8,15H2,1-2H3. The molecular formula is C14H15NO2S2. The molecule has 1 aromatic heterocycles. The van der Waals surface area contributed by atoms with Gasteiger partial charge in [0.1, 0.15) is 5.00 Å². The summed E-state index contributed by atoms with van der Waals surface area (Å²) in [6.07, 6.45) is 0. The highest BCUT2D eigenvalue weighted by molar-refractivity contribution is 7.98. The molecule has 0 bridgehead atoms. The van der Waals surface area contributed by atoms with Crippen LogP contribution in [0.4, 0.5) is 5.00 Å². The van der Waals surface area contributed by atoms with E-state index in [1.807, 2.05) is 12.1 Å². The van der Waals surface area contributed by atoms with Crippen molar-refractivity contribution in [2.75, 3.05) is 12.8 Å². The van der Waals surface area contributed by atoms with Crippen molar-refractivity contribution in [3.05, 3.63) is 46.3 Å². The van der Waals surface area contributed by atoms with Gasteiger partial charge in [0.05, 0.1) is 12.7 Å². The first-order chi connectivity index (χ1) is 9.10. The van der Waals surface area contributed by atoms with Crippen molar-refractivity contribution in [2.24, 2.45) is 0 Å². The third kappa shape index (κ3) is 3.52. The summed E-state index contributed by atoms with van der Waals surface area (Å²) in [5.74, 6) is 0.426. The highest BCUT2D eigenvalue weighted by Crippen LogP contribution is 2.31. The summed E-state index contributed by atoms with van der Waals surface area (Å²) in [7, 11) is 1.36. The molecule has 0 fully saturated rings. The first kappa shape index (κ1) is 14.0. The number of ether oxygens (including phenoxy) is 1. The summed E-state index contributed by atoms with van der Waals surface area (Å²) in [4.78, 5) is 13.8. The van der Waals surface area contributed by atoms with Crippen molar-refractivity contribution in [1.82, 2.24) is 0 Å². The van der Waals surface area contributed by atoms with E-state index in [9.17, 15) is 4.79 Å². The Balaban J connectivity index is 2.06. The first-order valence-corrected chi connectivity index (χ1v) is 7.56. The van der Waals surface area contributed by atoms with Gasteiger partial charge in [0.15, 0.2) is 0 Å². The van der Waals surface area contributed by atoms with E-state index in [2.05, 4.69) is 29.9 Å². The Hall–Kier alpha value is -1.46. The molecule has 0 amide bonds. The lowest BCUT2D eigenvalue weighted by Crippen LogP contribution is -2.01. The van der Waals surface area contributed by atoms with Gasteiger partial charge < -0.3 is 10.5 Å². The maximum Gasteiger partial charge on any atom is 0.340 e. The number of aryl methyl sites for hydroxylation is 1. The number of carbonyl (C=O) groups excluding carboxylic acids is 1. The maximum absolute atomic E-state index is 11.5. The van der Waals surface area contributed by atoms with Crippen LogP contribution in [0.2, 0.25) is 0 Å². The van der Waals surface area contributed by atoms with Crippen LogP contribution in [0.1, 0.15) is 20.8 Å². The lowest BCUT2D eigenvalue weighted by atomic mass is 10.2. The van der Waals surface area contributed by atoms with Crippen LogP contribution in [0.15, 0.2) is 35.2 Å². The largest absolute Gasteiger partial charge is 0.465 e. The average Bonchev–Trinajstić information content (AvgIpc) is 2.77. The van der Waals surface area contributed by atoms with E-state index in [-0.39, 0.29) is 5.97 Å². The average molecular weight is 293 g/mol. The van der Waals surface area contributed by atoms with E-state index < -0.39 is 0 Å². The second kappa shape index (κ2) is 6.12. The molecule has 5 heteroatoms. The Morgan fingerprint density at radius 2 is 2.21 bits per heavy atom. The number of hydrogen-bond acceptors (Lipinski definition) is 5. The van der Waals surface area contributed by atoms with Crippen LogP contribution in [0.25, 0.3) is 0 Å². The van der Waals surface area contributed by atoms with E-state index in [0.29, 0.717) is 10.6 Å². The molecule has 0 atom stereocenters. The van der Waals surface area contributed by atoms with Gasteiger partial charge in [0.25, 0.3) is 0 Å². The third-order valence-electron chi connectivity index (χ3n) is 2.59. The number of esters is 1. The van der Waals surface area contributed by atoms with Gasteiger partial charge in [-0.15, -0.1) is 23.1 Å². The quantitative estimate of drug-likeness (QED) is 0.689. The SMILES string of the molecule is COC(=O)c1cc(CSc2cccc(C)c2)sc1N. The van der Waals surface area contributed by atoms with Crippen molar-refractivity contribution in [3.63, 3.8) is 0 Å². The predicted octanol–water partition coefficient (Wildman–Crippen LogP) is 3.72. The van der Waals surface area contributed by atoms with Crippen LogP contribution in [0, 0.1) is 6.92 Å². The Kier molecular flexibility index (Phi) is 4.50. The fourth-order valence-corrected chi connectivity index (χ4v) is 3.62. The number of nitrogens with two attached hydrogens (primary N) is 1. The predicted molar refractivity (Wildman–Crippen MR) is 80.8 cm³/mol. The number of rotatable bonds is 4. The molecule has 19 heavy (non-hydrogen) atoms. The van der Waals surface area contributed by atoms with E-state index in [4.69, 9.17) is 5.73 Å². The zero-order chi connectivity index (χ0) is 13.8. The normalized spacial score (nSPS) is 10.4. The number of benzene rings is 1. The summed E-state index contributed by atoms with van der Waals surface area (Å²) in [6.45, 7) is 2.07. The summed E-state index contributed by atoms with van der Waals surface area (Å²) in [5.41, 5.74) is 7.53. The van der Waals surface area contributed by atoms with E-state index in [0.717, 1.165) is 10.6 Å². The van der Waals surface area contributed by atoms with E-state index >= 15 is 0 Å². The maximum atomic E-state index is 11.5. The molecule has 0 saturated heterocycles. The Labute approximate surface area is 120 Å². The Bertz CT molecular complexity index is 593. The monoisotopic (exact) mass is 293 g/mol. The summed E-state index contributed by atoms with van der Waals surface area (Å²) in [5, 5.41) is 0.520. The van der Waals surface area contributed by atoms with Gasteiger partial charge in [-0.2, -0.15) is 0 Å². The van der Waals surface area contributed by atoms with Gasteiger partial charge in [-0.05, 0) is 25.1 Å². The molecule has 1 heterocycles. The first-order valence-electron chi connectivity index (χ1n) is 5.76. The second-order valence-electron chi connectivity index (χ2n) is 4.09. The molecule has 2 aromatic rings. The van der Waals surface area contributed by atoms with Gasteiger partial charge in [-0.3, -0.25) is 0 Å². The molecule has 0 radical (unpaired) electrons. The van der Waals surface area contributed by atoms with Gasteiger partial charge in [0, 0.05) is 15.5 Å². The number of methoxy groups -OCH3 is 1. The molecule has 0 unspecified atom stereocenters. The summed E-state index contributed by atoms with van der Waals surface area (Å²) < 4.78 is 4.69. The molecule has 2 rings (SSSR count). The van der Waals surface area contributed by atoms with Gasteiger partial charge >= 0.3 is 5.97 Å². The van der Waals surface area contributed by atoms with E-state index in [1.54, 1.807) is 11.8 Å². The number of thioether (sulfide) groups is 1. The van der Waals surface area contributed by atoms with Gasteiger partial charge in [-0.1, -0.05) is 17.7 Å². The molecule has 100 valence electrons. The Morgan fingerprint density at radius 3 is 2.89 bits per heavy atom. The van der Waals surface area contributed by atoms with Crippen LogP contribution in [0.3, 0.4) is 0 Å². The summed E-state index contributed by atoms with van der Waals surface area (Å²) in [6, 6.07) is 10.1. The van der Waals surface area contributed by atoms with Crippen molar-refractivity contribution in [1.29, 1.82) is 0 Å². The minimum absolute atomic E-state index is 0.374. The van der Waals surface area contributed by atoms with Crippen LogP contribution in [-0.4, -0.2) is 13.1 Å². The van der Waals surface area contributed by atoms with Crippen molar-refractivity contribution in [2.45, 2.75) is 17.6 Å². The van der Waals surface area contributed by atoms with Crippen molar-refractivity contribution >= 4 is 34.1 Å². The molecule has 0 saturated carbocycles. The third-order valence-corrected chi connectivity index (χ3v) is 4.78. The molecule has 0 spiro atoms. The lowest BCUT2D eigenvalue weighted by Gasteiger charge is -2.00. The van der Waals surface area contributed by atoms with Crippen LogP contribution >= 0.6 is 23.1 Å². The molecule has 1 aromatic carbocycles. The topological polar surface area (TPSA) is 52.3 Å². The zero-order valence-corrected chi connectivity index (χ0v) is 12.4. The lowest BCUT2D eigenvalue weighted by molar-refractivity contribution is 0.0602. The molecule has 3 nitrogen and oxygen atoms in total. The van der Waals surface area contributed by atoms with Crippen molar-refractivity contribution < 1.29 is 9.53 Å². The van der Waals surface area contributed by atoms with Gasteiger partial charge in [0.2, 0.25) is 0 Å². The number of anilines is 1. The minimum Gasteiger partial charge on any atom is -0.465 e. The second-order valence-corrected chi connectivity index (χ2v) is 6.30. The number of hydrogen-bond donors (Lipinski definition) is 1. The fourth-order valence-electron chi connectivity index (χ4n) is 1.66. The molecule has 2 N–H and O–H groups in total. The fraction of sp³-hybridized carbons (Fsp3) is 0.214. The summed E-state index contributed by atoms with van der Waals surface area (Å²) >= 11 is 3.17. The minimum atomic E-state index is -0.374.